The van der Waals surface area contributed by atoms with E-state index >= 15 is 0 Å². The molecule has 0 amide bonds. The van der Waals surface area contributed by atoms with Gasteiger partial charge >= 0.3 is 0 Å². The molecule has 0 fully saturated rings. The second-order valence-corrected chi connectivity index (χ2v) is 15.6. The molecular weight excluding hydrogens is 689 g/mol. The maximum Gasteiger partial charge on any atom is 0.160 e. The van der Waals surface area contributed by atoms with Crippen LogP contribution in [0.1, 0.15) is 0 Å². The number of benzene rings is 8. The van der Waals surface area contributed by atoms with E-state index in [2.05, 4.69) is 179 Å². The Bertz CT molecular complexity index is 3700. The normalized spacial score (nSPS) is 12.4. The van der Waals surface area contributed by atoms with Crippen LogP contribution in [-0.4, -0.2) is 18.9 Å². The Morgan fingerprint density at radius 3 is 1.96 bits per heavy atom. The summed E-state index contributed by atoms with van der Waals surface area (Å²) in [6, 6.07) is 61.5. The highest BCUT2D eigenvalue weighted by molar-refractivity contribution is 7.26. The maximum atomic E-state index is 5.25. The molecule has 0 bridgehead atoms. The minimum atomic E-state index is 0.732. The molecular formula is C50H28N4S. The predicted molar refractivity (Wildman–Crippen MR) is 232 cm³/mol. The van der Waals surface area contributed by atoms with Crippen molar-refractivity contribution in [1.82, 2.24) is 18.9 Å². The molecule has 5 heterocycles. The monoisotopic (exact) mass is 716 g/mol. The molecule has 13 aromatic rings. The second kappa shape index (κ2) is 10.8. The van der Waals surface area contributed by atoms with Gasteiger partial charge in [0, 0.05) is 64.6 Å². The first-order valence-corrected chi connectivity index (χ1v) is 19.5. The molecule has 0 saturated heterocycles. The van der Waals surface area contributed by atoms with Crippen LogP contribution >= 0.6 is 11.3 Å². The van der Waals surface area contributed by atoms with Gasteiger partial charge < -0.3 is 8.97 Å². The van der Waals surface area contributed by atoms with Gasteiger partial charge in [0.25, 0.3) is 0 Å². The number of thiophene rings is 1. The van der Waals surface area contributed by atoms with Gasteiger partial charge in [-0.05, 0) is 53.9 Å². The van der Waals surface area contributed by atoms with Crippen molar-refractivity contribution in [2.45, 2.75) is 0 Å². The average Bonchev–Trinajstić information content (AvgIpc) is 3.99. The fraction of sp³-hybridized carbons (Fsp3) is 0. The number of nitrogens with zero attached hydrogens (tertiary/aromatic N) is 4. The molecule has 0 saturated carbocycles. The summed E-state index contributed by atoms with van der Waals surface area (Å²) in [5, 5.41) is 11.4. The van der Waals surface area contributed by atoms with Crippen LogP contribution in [-0.2, 0) is 0 Å². The summed E-state index contributed by atoms with van der Waals surface area (Å²) in [7, 11) is 0. The first-order valence-electron chi connectivity index (χ1n) is 18.7. The minimum absolute atomic E-state index is 0.732. The zero-order valence-corrected chi connectivity index (χ0v) is 30.2. The second-order valence-electron chi connectivity index (χ2n) is 14.5. The van der Waals surface area contributed by atoms with Crippen molar-refractivity contribution in [3.05, 3.63) is 170 Å². The van der Waals surface area contributed by atoms with E-state index in [4.69, 9.17) is 9.97 Å². The number of rotatable bonds is 3. The SMILES string of the molecule is c1ccc(-c2nc(-c3ccc(-n4c5ccccc5c5c6c7ccccc7n7c8c9ccccc9ccc8c(cc54)c67)cc3)nc3c2sc2ccccc23)cc1. The Hall–Kier alpha value is -7.08. The van der Waals surface area contributed by atoms with Crippen LogP contribution in [0.4, 0.5) is 0 Å². The molecule has 0 atom stereocenters. The first kappa shape index (κ1) is 29.4. The van der Waals surface area contributed by atoms with E-state index in [9.17, 15) is 0 Å². The summed E-state index contributed by atoms with van der Waals surface area (Å²) in [5.74, 6) is 0.732. The van der Waals surface area contributed by atoms with E-state index < -0.39 is 0 Å². The maximum absolute atomic E-state index is 5.25. The van der Waals surface area contributed by atoms with E-state index in [1.54, 1.807) is 11.3 Å². The lowest BCUT2D eigenvalue weighted by Crippen LogP contribution is -1.96. The van der Waals surface area contributed by atoms with Gasteiger partial charge in [-0.2, -0.15) is 0 Å². The van der Waals surface area contributed by atoms with Crippen molar-refractivity contribution >= 4 is 102 Å². The smallest absolute Gasteiger partial charge is 0.160 e. The lowest BCUT2D eigenvalue weighted by atomic mass is 10.0. The standard InChI is InChI=1S/C50H28N4S/c1-2-13-30(14-3-1)45-49-46(37-18-8-11-21-42(37)55-49)52-50(51-45)31-22-25-32(26-23-31)53-39-19-9-6-16-35(39)43-41(53)28-38-34-27-24-29-12-4-5-15-33(29)47(34)54-40-20-10-7-17-36(40)44(43)48(38)54/h1-28H. The van der Waals surface area contributed by atoms with E-state index in [0.29, 0.717) is 0 Å². The highest BCUT2D eigenvalue weighted by Gasteiger charge is 2.25. The summed E-state index contributed by atoms with van der Waals surface area (Å²) >= 11 is 1.76. The molecule has 0 aliphatic carbocycles. The van der Waals surface area contributed by atoms with E-state index in [1.807, 2.05) is 0 Å². The minimum Gasteiger partial charge on any atom is -0.309 e. The summed E-state index contributed by atoms with van der Waals surface area (Å²) in [5.41, 5.74) is 11.4. The topological polar surface area (TPSA) is 35.1 Å². The Morgan fingerprint density at radius 2 is 1.13 bits per heavy atom. The van der Waals surface area contributed by atoms with Crippen LogP contribution in [0.3, 0.4) is 0 Å². The van der Waals surface area contributed by atoms with Crippen LogP contribution in [0.2, 0.25) is 0 Å². The third kappa shape index (κ3) is 3.89. The summed E-state index contributed by atoms with van der Waals surface area (Å²) in [4.78, 5) is 10.5. The fourth-order valence-corrected chi connectivity index (χ4v) is 10.5. The van der Waals surface area contributed by atoms with Crippen LogP contribution < -0.4 is 0 Å². The molecule has 55 heavy (non-hydrogen) atoms. The number of para-hydroxylation sites is 2. The Kier molecular flexibility index (Phi) is 5.74. The lowest BCUT2D eigenvalue weighted by Gasteiger charge is -2.10. The molecule has 0 N–H and O–H groups in total. The molecule has 4 nitrogen and oxygen atoms in total. The van der Waals surface area contributed by atoms with Crippen molar-refractivity contribution in [1.29, 1.82) is 0 Å². The molecule has 0 spiro atoms. The van der Waals surface area contributed by atoms with Gasteiger partial charge in [-0.1, -0.05) is 121 Å². The third-order valence-electron chi connectivity index (χ3n) is 11.6. The molecule has 0 unspecified atom stereocenters. The number of hydrogen-bond acceptors (Lipinski definition) is 3. The van der Waals surface area contributed by atoms with Crippen LogP contribution in [0.15, 0.2) is 170 Å². The van der Waals surface area contributed by atoms with Gasteiger partial charge in [0.05, 0.1) is 43.5 Å². The Balaban J connectivity index is 1.08. The third-order valence-corrected chi connectivity index (χ3v) is 12.8. The van der Waals surface area contributed by atoms with E-state index in [1.165, 1.54) is 80.8 Å². The van der Waals surface area contributed by atoms with Crippen molar-refractivity contribution < 1.29 is 0 Å². The molecule has 0 aliphatic rings. The lowest BCUT2D eigenvalue weighted by molar-refractivity contribution is 1.18. The van der Waals surface area contributed by atoms with Crippen molar-refractivity contribution in [3.63, 3.8) is 0 Å². The van der Waals surface area contributed by atoms with Gasteiger partial charge in [-0.15, -0.1) is 11.3 Å². The first-order chi connectivity index (χ1) is 27.3. The van der Waals surface area contributed by atoms with Crippen molar-refractivity contribution in [2.75, 3.05) is 0 Å². The molecule has 254 valence electrons. The average molecular weight is 717 g/mol. The van der Waals surface area contributed by atoms with Crippen molar-refractivity contribution in [2.24, 2.45) is 0 Å². The number of hydrogen-bond donors (Lipinski definition) is 0. The predicted octanol–water partition coefficient (Wildman–Crippen LogP) is 13.6. The van der Waals surface area contributed by atoms with Crippen LogP contribution in [0, 0.1) is 0 Å². The van der Waals surface area contributed by atoms with E-state index in [0.717, 1.165) is 38.5 Å². The molecule has 13 rings (SSSR count). The number of fused-ring (bicyclic) bond motifs is 15. The van der Waals surface area contributed by atoms with Crippen LogP contribution in [0.5, 0.6) is 0 Å². The van der Waals surface area contributed by atoms with Crippen molar-refractivity contribution in [3.8, 4) is 28.3 Å². The summed E-state index contributed by atoms with van der Waals surface area (Å²) in [6.07, 6.45) is 0. The zero-order valence-electron chi connectivity index (χ0n) is 29.4. The van der Waals surface area contributed by atoms with Crippen LogP contribution in [0.25, 0.3) is 119 Å². The Morgan fingerprint density at radius 1 is 0.436 bits per heavy atom. The van der Waals surface area contributed by atoms with Gasteiger partial charge in [-0.3, -0.25) is 0 Å². The molecule has 8 aromatic carbocycles. The van der Waals surface area contributed by atoms with Gasteiger partial charge in [-0.25, -0.2) is 9.97 Å². The summed E-state index contributed by atoms with van der Waals surface area (Å²) < 4.78 is 7.31. The fourth-order valence-electron chi connectivity index (χ4n) is 9.31. The molecule has 5 aromatic heterocycles. The highest BCUT2D eigenvalue weighted by Crippen LogP contribution is 2.48. The van der Waals surface area contributed by atoms with Gasteiger partial charge in [0.2, 0.25) is 0 Å². The molecule has 0 radical (unpaired) electrons. The highest BCUT2D eigenvalue weighted by atomic mass is 32.1. The molecule has 0 aliphatic heterocycles. The van der Waals surface area contributed by atoms with Gasteiger partial charge in [0.15, 0.2) is 5.82 Å². The van der Waals surface area contributed by atoms with Gasteiger partial charge in [0.1, 0.15) is 0 Å². The number of aromatic nitrogens is 4. The zero-order chi connectivity index (χ0) is 35.8. The summed E-state index contributed by atoms with van der Waals surface area (Å²) in [6.45, 7) is 0. The quantitative estimate of drug-likeness (QED) is 0.182. The molecule has 5 heteroatoms. The largest absolute Gasteiger partial charge is 0.309 e. The van der Waals surface area contributed by atoms with E-state index in [-0.39, 0.29) is 0 Å². The Labute approximate surface area is 318 Å².